The average Bonchev–Trinajstić information content (AvgIpc) is 2.74. The minimum absolute atomic E-state index is 0.0296. The number of hydrogen-bond acceptors (Lipinski definition) is 2. The molecule has 3 nitrogen and oxygen atoms in total. The van der Waals surface area contributed by atoms with Crippen molar-refractivity contribution in [3.8, 4) is 0 Å². The molecule has 0 aromatic heterocycles. The molecule has 1 aliphatic rings. The third-order valence-corrected chi connectivity index (χ3v) is 4.29. The average molecular weight is 227 g/mol. The van der Waals surface area contributed by atoms with Crippen LogP contribution in [0.2, 0.25) is 0 Å². The normalized spacial score (nSPS) is 19.8. The van der Waals surface area contributed by atoms with E-state index in [0.717, 1.165) is 38.5 Å². The van der Waals surface area contributed by atoms with Crippen LogP contribution < -0.4 is 5.32 Å². The molecule has 2 N–H and O–H groups in total. The van der Waals surface area contributed by atoms with Gasteiger partial charge in [-0.25, -0.2) is 0 Å². The SMILES string of the molecule is CCC(CC)(CO)NC(=O)C1(C)CCCC1. The fraction of sp³-hybridized carbons (Fsp3) is 0.923. The maximum atomic E-state index is 12.2. The molecule has 1 fully saturated rings. The summed E-state index contributed by atoms with van der Waals surface area (Å²) in [4.78, 5) is 12.2. The van der Waals surface area contributed by atoms with Gasteiger partial charge in [-0.2, -0.15) is 0 Å². The zero-order valence-corrected chi connectivity index (χ0v) is 10.8. The third kappa shape index (κ3) is 2.57. The highest BCUT2D eigenvalue weighted by atomic mass is 16.3. The zero-order chi connectivity index (χ0) is 12.2. The molecule has 1 aliphatic carbocycles. The van der Waals surface area contributed by atoms with Crippen molar-refractivity contribution in [1.82, 2.24) is 5.32 Å². The Kier molecular flexibility index (Phi) is 4.36. The lowest BCUT2D eigenvalue weighted by molar-refractivity contribution is -0.132. The van der Waals surface area contributed by atoms with Crippen molar-refractivity contribution in [2.75, 3.05) is 6.61 Å². The Morgan fingerprint density at radius 1 is 1.31 bits per heavy atom. The molecule has 0 aliphatic heterocycles. The van der Waals surface area contributed by atoms with Crippen LogP contribution in [0.4, 0.5) is 0 Å². The molecule has 1 amide bonds. The summed E-state index contributed by atoms with van der Waals surface area (Å²) in [6, 6.07) is 0. The molecule has 0 aromatic rings. The van der Waals surface area contributed by atoms with Gasteiger partial charge in [0, 0.05) is 5.41 Å². The molecule has 0 spiro atoms. The van der Waals surface area contributed by atoms with Gasteiger partial charge in [0.25, 0.3) is 0 Å². The van der Waals surface area contributed by atoms with Crippen LogP contribution in [0.3, 0.4) is 0 Å². The lowest BCUT2D eigenvalue weighted by Crippen LogP contribution is -2.54. The van der Waals surface area contributed by atoms with Gasteiger partial charge in [0.15, 0.2) is 0 Å². The number of aliphatic hydroxyl groups excluding tert-OH is 1. The summed E-state index contributed by atoms with van der Waals surface area (Å²) in [5, 5.41) is 12.5. The van der Waals surface area contributed by atoms with Crippen LogP contribution in [0.5, 0.6) is 0 Å². The summed E-state index contributed by atoms with van der Waals surface area (Å²) in [6.45, 7) is 6.10. The Morgan fingerprint density at radius 3 is 2.19 bits per heavy atom. The van der Waals surface area contributed by atoms with Crippen molar-refractivity contribution >= 4 is 5.91 Å². The second-order valence-electron chi connectivity index (χ2n) is 5.37. The molecule has 3 heteroatoms. The van der Waals surface area contributed by atoms with E-state index in [1.54, 1.807) is 0 Å². The van der Waals surface area contributed by atoms with Crippen LogP contribution >= 0.6 is 0 Å². The van der Waals surface area contributed by atoms with Crippen molar-refractivity contribution in [2.45, 2.75) is 64.8 Å². The minimum Gasteiger partial charge on any atom is -0.394 e. The Morgan fingerprint density at radius 2 is 1.81 bits per heavy atom. The zero-order valence-electron chi connectivity index (χ0n) is 10.8. The van der Waals surface area contributed by atoms with Crippen LogP contribution in [0.15, 0.2) is 0 Å². The minimum atomic E-state index is -0.414. The molecule has 0 bridgehead atoms. The first-order valence-electron chi connectivity index (χ1n) is 6.45. The summed E-state index contributed by atoms with van der Waals surface area (Å²) in [6.07, 6.45) is 5.81. The Labute approximate surface area is 98.6 Å². The summed E-state index contributed by atoms with van der Waals surface area (Å²) in [5.74, 6) is 0.128. The van der Waals surface area contributed by atoms with E-state index in [0.29, 0.717) is 0 Å². The van der Waals surface area contributed by atoms with E-state index in [4.69, 9.17) is 0 Å². The highest BCUT2D eigenvalue weighted by Gasteiger charge is 2.39. The first kappa shape index (κ1) is 13.5. The molecule has 1 saturated carbocycles. The molecule has 0 saturated heterocycles. The molecule has 0 atom stereocenters. The van der Waals surface area contributed by atoms with Crippen LogP contribution in [0, 0.1) is 5.41 Å². The van der Waals surface area contributed by atoms with E-state index in [-0.39, 0.29) is 17.9 Å². The summed E-state index contributed by atoms with van der Waals surface area (Å²) < 4.78 is 0. The third-order valence-electron chi connectivity index (χ3n) is 4.29. The topological polar surface area (TPSA) is 49.3 Å². The number of rotatable bonds is 5. The Hall–Kier alpha value is -0.570. The lowest BCUT2D eigenvalue weighted by atomic mass is 9.85. The summed E-state index contributed by atoms with van der Waals surface area (Å²) in [5.41, 5.74) is -0.618. The number of hydrogen-bond donors (Lipinski definition) is 2. The fourth-order valence-corrected chi connectivity index (χ4v) is 2.46. The van der Waals surface area contributed by atoms with E-state index >= 15 is 0 Å². The summed E-state index contributed by atoms with van der Waals surface area (Å²) >= 11 is 0. The van der Waals surface area contributed by atoms with E-state index in [9.17, 15) is 9.90 Å². The van der Waals surface area contributed by atoms with E-state index < -0.39 is 5.54 Å². The first-order chi connectivity index (χ1) is 7.52. The molecule has 0 radical (unpaired) electrons. The van der Waals surface area contributed by atoms with Crippen molar-refractivity contribution in [1.29, 1.82) is 0 Å². The highest BCUT2D eigenvalue weighted by molar-refractivity contribution is 5.83. The van der Waals surface area contributed by atoms with E-state index in [1.807, 2.05) is 20.8 Å². The number of carbonyl (C=O) groups excluding carboxylic acids is 1. The number of nitrogens with one attached hydrogen (secondary N) is 1. The Bertz CT molecular complexity index is 232. The van der Waals surface area contributed by atoms with Crippen LogP contribution in [0.1, 0.15) is 59.3 Å². The van der Waals surface area contributed by atoms with Crippen molar-refractivity contribution in [3.63, 3.8) is 0 Å². The highest BCUT2D eigenvalue weighted by Crippen LogP contribution is 2.38. The van der Waals surface area contributed by atoms with Crippen LogP contribution in [-0.4, -0.2) is 23.2 Å². The van der Waals surface area contributed by atoms with Gasteiger partial charge < -0.3 is 10.4 Å². The molecule has 1 rings (SSSR count). The standard InChI is InChI=1S/C13H25NO2/c1-4-13(5-2,10-15)14-11(16)12(3)8-6-7-9-12/h15H,4-10H2,1-3H3,(H,14,16). The number of carbonyl (C=O) groups is 1. The van der Waals surface area contributed by atoms with Crippen molar-refractivity contribution in [3.05, 3.63) is 0 Å². The van der Waals surface area contributed by atoms with Gasteiger partial charge in [0.1, 0.15) is 0 Å². The lowest BCUT2D eigenvalue weighted by Gasteiger charge is -2.35. The van der Waals surface area contributed by atoms with Crippen LogP contribution in [-0.2, 0) is 4.79 Å². The maximum absolute atomic E-state index is 12.2. The van der Waals surface area contributed by atoms with Gasteiger partial charge in [-0.15, -0.1) is 0 Å². The maximum Gasteiger partial charge on any atom is 0.226 e. The number of amides is 1. The van der Waals surface area contributed by atoms with Gasteiger partial charge >= 0.3 is 0 Å². The van der Waals surface area contributed by atoms with Gasteiger partial charge in [-0.05, 0) is 25.7 Å². The van der Waals surface area contributed by atoms with Gasteiger partial charge in [0.05, 0.1) is 12.1 Å². The fourth-order valence-electron chi connectivity index (χ4n) is 2.46. The van der Waals surface area contributed by atoms with Gasteiger partial charge in [-0.1, -0.05) is 33.6 Å². The van der Waals surface area contributed by atoms with Gasteiger partial charge in [0.2, 0.25) is 5.91 Å². The van der Waals surface area contributed by atoms with Crippen LogP contribution in [0.25, 0.3) is 0 Å². The smallest absolute Gasteiger partial charge is 0.226 e. The second-order valence-corrected chi connectivity index (χ2v) is 5.37. The van der Waals surface area contributed by atoms with Gasteiger partial charge in [-0.3, -0.25) is 4.79 Å². The predicted octanol–water partition coefficient (Wildman–Crippen LogP) is 2.23. The molecule has 0 heterocycles. The molecular weight excluding hydrogens is 202 g/mol. The first-order valence-corrected chi connectivity index (χ1v) is 6.45. The monoisotopic (exact) mass is 227 g/mol. The quantitative estimate of drug-likeness (QED) is 0.756. The van der Waals surface area contributed by atoms with Crippen molar-refractivity contribution in [2.24, 2.45) is 5.41 Å². The van der Waals surface area contributed by atoms with E-state index in [1.165, 1.54) is 0 Å². The second kappa shape index (κ2) is 5.17. The summed E-state index contributed by atoms with van der Waals surface area (Å²) in [7, 11) is 0. The molecular formula is C13H25NO2. The van der Waals surface area contributed by atoms with Crippen molar-refractivity contribution < 1.29 is 9.90 Å². The largest absolute Gasteiger partial charge is 0.394 e. The number of aliphatic hydroxyl groups is 1. The predicted molar refractivity (Wildman–Crippen MR) is 65.1 cm³/mol. The molecule has 94 valence electrons. The molecule has 16 heavy (non-hydrogen) atoms. The molecule has 0 unspecified atom stereocenters. The molecule has 0 aromatic carbocycles. The Balaban J connectivity index is 2.68. The van der Waals surface area contributed by atoms with E-state index in [2.05, 4.69) is 5.32 Å².